The van der Waals surface area contributed by atoms with Crippen molar-refractivity contribution in [2.75, 3.05) is 13.7 Å². The van der Waals surface area contributed by atoms with Crippen LogP contribution in [0.25, 0.3) is 22.8 Å². The van der Waals surface area contributed by atoms with Crippen LogP contribution in [0.15, 0.2) is 36.5 Å². The normalized spacial score (nSPS) is 13.3. The first-order valence-corrected chi connectivity index (χ1v) is 8.00. The quantitative estimate of drug-likeness (QED) is 0.792. The number of aryl methyl sites for hydroxylation is 1. The Morgan fingerprint density at radius 1 is 1.20 bits per heavy atom. The maximum atomic E-state index is 11.9. The number of hydrogen-bond acceptors (Lipinski definition) is 5. The number of aromatic nitrogens is 4. The van der Waals surface area contributed by atoms with Crippen molar-refractivity contribution in [1.29, 1.82) is 0 Å². The first kappa shape index (κ1) is 15.3. The van der Waals surface area contributed by atoms with Crippen LogP contribution in [0.5, 0.6) is 5.75 Å². The summed E-state index contributed by atoms with van der Waals surface area (Å²) in [4.78, 5) is 20.9. The Bertz CT molecular complexity index is 964. The zero-order valence-corrected chi connectivity index (χ0v) is 14.0. The SMILES string of the molecule is COc1ccc(-c2nccc(-c3cc4n(n3)CCNC4=O)n2)c(C)c1. The first-order chi connectivity index (χ1) is 12.2. The number of nitrogens with one attached hydrogen (secondary N) is 1. The van der Waals surface area contributed by atoms with Gasteiger partial charge >= 0.3 is 0 Å². The Kier molecular flexibility index (Phi) is 3.68. The number of benzene rings is 1. The van der Waals surface area contributed by atoms with Crippen LogP contribution in [0.1, 0.15) is 16.1 Å². The van der Waals surface area contributed by atoms with Gasteiger partial charge in [0.2, 0.25) is 0 Å². The molecular weight excluding hydrogens is 318 g/mol. The maximum Gasteiger partial charge on any atom is 0.269 e. The summed E-state index contributed by atoms with van der Waals surface area (Å²) in [5.74, 6) is 1.31. The molecule has 0 saturated carbocycles. The van der Waals surface area contributed by atoms with E-state index in [-0.39, 0.29) is 5.91 Å². The van der Waals surface area contributed by atoms with Gasteiger partial charge in [-0.1, -0.05) is 0 Å². The Morgan fingerprint density at radius 2 is 2.08 bits per heavy atom. The van der Waals surface area contributed by atoms with Gasteiger partial charge in [0.25, 0.3) is 5.91 Å². The van der Waals surface area contributed by atoms with Crippen molar-refractivity contribution in [3.05, 3.63) is 47.8 Å². The van der Waals surface area contributed by atoms with Gasteiger partial charge in [0.05, 0.1) is 19.3 Å². The van der Waals surface area contributed by atoms with E-state index in [1.54, 1.807) is 30.1 Å². The van der Waals surface area contributed by atoms with Crippen molar-refractivity contribution < 1.29 is 9.53 Å². The second-order valence-electron chi connectivity index (χ2n) is 5.84. The molecule has 3 aromatic rings. The molecule has 0 bridgehead atoms. The lowest BCUT2D eigenvalue weighted by molar-refractivity contribution is 0.0924. The number of fused-ring (bicyclic) bond motifs is 1. The van der Waals surface area contributed by atoms with E-state index in [1.807, 2.05) is 25.1 Å². The molecule has 1 aliphatic rings. The number of carbonyl (C=O) groups is 1. The van der Waals surface area contributed by atoms with Crippen molar-refractivity contribution in [2.24, 2.45) is 0 Å². The Hall–Kier alpha value is -3.22. The van der Waals surface area contributed by atoms with E-state index < -0.39 is 0 Å². The van der Waals surface area contributed by atoms with Gasteiger partial charge in [-0.3, -0.25) is 9.48 Å². The zero-order chi connectivity index (χ0) is 17.4. The molecule has 7 heteroatoms. The Morgan fingerprint density at radius 3 is 2.84 bits per heavy atom. The summed E-state index contributed by atoms with van der Waals surface area (Å²) in [6.45, 7) is 3.25. The van der Waals surface area contributed by atoms with E-state index in [9.17, 15) is 4.79 Å². The number of hydrogen-bond donors (Lipinski definition) is 1. The van der Waals surface area contributed by atoms with Gasteiger partial charge in [0.15, 0.2) is 5.82 Å². The highest BCUT2D eigenvalue weighted by Gasteiger charge is 2.20. The van der Waals surface area contributed by atoms with Gasteiger partial charge in [-0.25, -0.2) is 9.97 Å². The maximum absolute atomic E-state index is 11.9. The molecule has 1 aliphatic heterocycles. The second-order valence-corrected chi connectivity index (χ2v) is 5.84. The molecule has 4 rings (SSSR count). The minimum Gasteiger partial charge on any atom is -0.497 e. The number of amides is 1. The van der Waals surface area contributed by atoms with E-state index in [2.05, 4.69) is 20.4 Å². The fourth-order valence-electron chi connectivity index (χ4n) is 2.91. The van der Waals surface area contributed by atoms with Gasteiger partial charge in [-0.2, -0.15) is 5.10 Å². The fraction of sp³-hybridized carbons (Fsp3) is 0.222. The summed E-state index contributed by atoms with van der Waals surface area (Å²) in [5.41, 5.74) is 3.88. The fourth-order valence-corrected chi connectivity index (χ4v) is 2.91. The first-order valence-electron chi connectivity index (χ1n) is 8.00. The number of nitrogens with zero attached hydrogens (tertiary/aromatic N) is 4. The van der Waals surface area contributed by atoms with Crippen molar-refractivity contribution in [1.82, 2.24) is 25.1 Å². The number of ether oxygens (including phenoxy) is 1. The summed E-state index contributed by atoms with van der Waals surface area (Å²) >= 11 is 0. The molecule has 126 valence electrons. The van der Waals surface area contributed by atoms with E-state index in [1.165, 1.54) is 0 Å². The third-order valence-corrected chi connectivity index (χ3v) is 4.21. The van der Waals surface area contributed by atoms with E-state index in [0.717, 1.165) is 16.9 Å². The molecule has 0 saturated heterocycles. The topological polar surface area (TPSA) is 81.9 Å². The monoisotopic (exact) mass is 335 g/mol. The lowest BCUT2D eigenvalue weighted by Crippen LogP contribution is -2.35. The standard InChI is InChI=1S/C18H17N5O2/c1-11-9-12(25-2)3-4-13(11)17-19-6-5-14(21-17)15-10-16-18(24)20-7-8-23(16)22-15/h3-6,9-10H,7-8H2,1-2H3,(H,20,24). The van der Waals surface area contributed by atoms with Crippen LogP contribution in [0, 0.1) is 6.92 Å². The number of methoxy groups -OCH3 is 1. The molecule has 0 aliphatic carbocycles. The molecule has 0 atom stereocenters. The van der Waals surface area contributed by atoms with Crippen LogP contribution in [0.4, 0.5) is 0 Å². The minimum atomic E-state index is -0.106. The lowest BCUT2D eigenvalue weighted by Gasteiger charge is -2.13. The highest BCUT2D eigenvalue weighted by atomic mass is 16.5. The van der Waals surface area contributed by atoms with Crippen LogP contribution < -0.4 is 10.1 Å². The molecule has 0 fully saturated rings. The predicted octanol–water partition coefficient (Wildman–Crippen LogP) is 2.07. The van der Waals surface area contributed by atoms with Gasteiger partial charge in [-0.05, 0) is 42.8 Å². The Labute approximate surface area is 144 Å². The molecular formula is C18H17N5O2. The molecule has 1 N–H and O–H groups in total. The average molecular weight is 335 g/mol. The third kappa shape index (κ3) is 2.73. The second kappa shape index (κ2) is 6.01. The smallest absolute Gasteiger partial charge is 0.269 e. The van der Waals surface area contributed by atoms with Crippen LogP contribution in [-0.2, 0) is 6.54 Å². The van der Waals surface area contributed by atoms with Gasteiger partial charge < -0.3 is 10.1 Å². The van der Waals surface area contributed by atoms with Crippen LogP contribution in [-0.4, -0.2) is 39.3 Å². The highest BCUT2D eigenvalue weighted by molar-refractivity contribution is 5.94. The van der Waals surface area contributed by atoms with E-state index >= 15 is 0 Å². The highest BCUT2D eigenvalue weighted by Crippen LogP contribution is 2.26. The van der Waals surface area contributed by atoms with Crippen molar-refractivity contribution in [3.63, 3.8) is 0 Å². The predicted molar refractivity (Wildman–Crippen MR) is 92.3 cm³/mol. The molecule has 3 heterocycles. The Balaban J connectivity index is 1.74. The third-order valence-electron chi connectivity index (χ3n) is 4.21. The summed E-state index contributed by atoms with van der Waals surface area (Å²) < 4.78 is 6.96. The summed E-state index contributed by atoms with van der Waals surface area (Å²) in [5, 5.41) is 7.32. The molecule has 1 aromatic carbocycles. The number of carbonyl (C=O) groups excluding carboxylic acids is 1. The summed E-state index contributed by atoms with van der Waals surface area (Å²) in [7, 11) is 1.64. The minimum absolute atomic E-state index is 0.106. The van der Waals surface area contributed by atoms with Gasteiger partial charge in [0, 0.05) is 18.3 Å². The van der Waals surface area contributed by atoms with Crippen LogP contribution in [0.2, 0.25) is 0 Å². The molecule has 7 nitrogen and oxygen atoms in total. The average Bonchev–Trinajstić information content (AvgIpc) is 3.07. The summed E-state index contributed by atoms with van der Waals surface area (Å²) in [6.07, 6.45) is 1.71. The van der Waals surface area contributed by atoms with Crippen molar-refractivity contribution in [3.8, 4) is 28.5 Å². The summed E-state index contributed by atoms with van der Waals surface area (Å²) in [6, 6.07) is 9.35. The molecule has 0 unspecified atom stereocenters. The van der Waals surface area contributed by atoms with Gasteiger partial charge in [0.1, 0.15) is 17.1 Å². The lowest BCUT2D eigenvalue weighted by atomic mass is 10.1. The zero-order valence-electron chi connectivity index (χ0n) is 14.0. The van der Waals surface area contributed by atoms with Crippen molar-refractivity contribution >= 4 is 5.91 Å². The largest absolute Gasteiger partial charge is 0.497 e. The molecule has 2 aromatic heterocycles. The number of rotatable bonds is 3. The van der Waals surface area contributed by atoms with E-state index in [4.69, 9.17) is 4.74 Å². The molecule has 0 radical (unpaired) electrons. The van der Waals surface area contributed by atoms with E-state index in [0.29, 0.717) is 36.0 Å². The van der Waals surface area contributed by atoms with Crippen LogP contribution in [0.3, 0.4) is 0 Å². The van der Waals surface area contributed by atoms with Crippen LogP contribution >= 0.6 is 0 Å². The van der Waals surface area contributed by atoms with Gasteiger partial charge in [-0.15, -0.1) is 0 Å². The molecule has 25 heavy (non-hydrogen) atoms. The van der Waals surface area contributed by atoms with Crippen molar-refractivity contribution in [2.45, 2.75) is 13.5 Å². The molecule has 1 amide bonds. The molecule has 0 spiro atoms.